The molecule has 2 aromatic carbocycles. The van der Waals surface area contributed by atoms with Crippen LogP contribution in [0, 0.1) is 11.6 Å². The molecule has 2 aliphatic rings. The van der Waals surface area contributed by atoms with Gasteiger partial charge in [0.1, 0.15) is 11.6 Å². The zero-order valence-electron chi connectivity index (χ0n) is 19.9. The summed E-state index contributed by atoms with van der Waals surface area (Å²) in [5.41, 5.74) is 3.64. The number of aromatic amines is 1. The van der Waals surface area contributed by atoms with E-state index in [1.807, 2.05) is 24.3 Å². The number of para-hydroxylation sites is 1. The van der Waals surface area contributed by atoms with Gasteiger partial charge in [0.05, 0.1) is 18.8 Å². The molecule has 0 radical (unpaired) electrons. The molecule has 1 fully saturated rings. The molecule has 2 aliphatic heterocycles. The number of benzene rings is 2. The number of hydrogen-bond acceptors (Lipinski definition) is 3. The highest BCUT2D eigenvalue weighted by molar-refractivity contribution is 5.86. The first kappa shape index (κ1) is 23.2. The maximum atomic E-state index is 15.7. The maximum Gasteiger partial charge on any atom is 0.133 e. The van der Waals surface area contributed by atoms with Crippen molar-refractivity contribution >= 4 is 16.6 Å². The van der Waals surface area contributed by atoms with E-state index in [4.69, 9.17) is 0 Å². The van der Waals surface area contributed by atoms with Gasteiger partial charge in [-0.05, 0) is 44.5 Å². The fourth-order valence-electron chi connectivity index (χ4n) is 5.74. The number of fused-ring (bicyclic) bond motifs is 3. The zero-order valence-corrected chi connectivity index (χ0v) is 19.9. The van der Waals surface area contributed by atoms with E-state index in [1.54, 1.807) is 0 Å². The van der Waals surface area contributed by atoms with E-state index in [0.29, 0.717) is 12.1 Å². The van der Waals surface area contributed by atoms with Gasteiger partial charge in [0.25, 0.3) is 0 Å². The van der Waals surface area contributed by atoms with Gasteiger partial charge in [0.15, 0.2) is 0 Å². The average molecular weight is 471 g/mol. The summed E-state index contributed by atoms with van der Waals surface area (Å²) in [5.74, 6) is -1.04. The summed E-state index contributed by atoms with van der Waals surface area (Å²) in [7, 11) is 0. The normalized spacial score (nSPS) is 21.6. The summed E-state index contributed by atoms with van der Waals surface area (Å²) >= 11 is 0. The van der Waals surface area contributed by atoms with E-state index in [1.165, 1.54) is 12.1 Å². The van der Waals surface area contributed by atoms with Crippen LogP contribution in [0.3, 0.4) is 0 Å². The second-order valence-corrected chi connectivity index (χ2v) is 9.75. The van der Waals surface area contributed by atoms with Gasteiger partial charge in [0.2, 0.25) is 0 Å². The van der Waals surface area contributed by atoms with Crippen LogP contribution < -0.4 is 5.32 Å². The molecular formula is C27H33F3N4. The molecule has 0 amide bonds. The van der Waals surface area contributed by atoms with Crippen LogP contribution >= 0.6 is 0 Å². The Labute approximate surface area is 199 Å². The number of H-pyrrole nitrogens is 1. The van der Waals surface area contributed by atoms with Gasteiger partial charge in [-0.3, -0.25) is 14.2 Å². The Morgan fingerprint density at radius 2 is 1.79 bits per heavy atom. The van der Waals surface area contributed by atoms with Crippen molar-refractivity contribution < 1.29 is 13.2 Å². The van der Waals surface area contributed by atoms with Crippen molar-refractivity contribution in [1.82, 2.24) is 14.8 Å². The minimum Gasteiger partial charge on any atom is -0.380 e. The van der Waals surface area contributed by atoms with Gasteiger partial charge in [-0.25, -0.2) is 8.78 Å². The minimum absolute atomic E-state index is 0.120. The van der Waals surface area contributed by atoms with Crippen molar-refractivity contribution in [2.45, 2.75) is 51.2 Å². The number of anilines is 1. The molecule has 7 heteroatoms. The molecule has 2 unspecified atom stereocenters. The Hall–Kier alpha value is -2.51. The molecule has 182 valence electrons. The maximum absolute atomic E-state index is 15.7. The van der Waals surface area contributed by atoms with E-state index in [0.717, 1.165) is 61.2 Å². The topological polar surface area (TPSA) is 34.3 Å². The molecule has 1 aromatic heterocycles. The Morgan fingerprint density at radius 1 is 1.06 bits per heavy atom. The number of alkyl halides is 1. The summed E-state index contributed by atoms with van der Waals surface area (Å²) in [6, 6.07) is 10.7. The van der Waals surface area contributed by atoms with Crippen LogP contribution in [-0.4, -0.2) is 59.7 Å². The van der Waals surface area contributed by atoms with Crippen LogP contribution in [0.5, 0.6) is 0 Å². The molecule has 2 atom stereocenters. The third kappa shape index (κ3) is 4.20. The summed E-state index contributed by atoms with van der Waals surface area (Å²) in [4.78, 5) is 7.89. The highest BCUT2D eigenvalue weighted by atomic mass is 19.1. The third-order valence-electron chi connectivity index (χ3n) is 7.27. The lowest BCUT2D eigenvalue weighted by molar-refractivity contribution is 0.145. The number of nitrogens with one attached hydrogen (secondary N) is 2. The Bertz CT molecular complexity index is 1130. The summed E-state index contributed by atoms with van der Waals surface area (Å²) in [6.07, 6.45) is 2.25. The monoisotopic (exact) mass is 470 g/mol. The Balaban J connectivity index is 1.48. The largest absolute Gasteiger partial charge is 0.380 e. The third-order valence-corrected chi connectivity index (χ3v) is 7.27. The van der Waals surface area contributed by atoms with Crippen LogP contribution in [-0.2, 0) is 6.42 Å². The van der Waals surface area contributed by atoms with Crippen LogP contribution in [0.2, 0.25) is 0 Å². The van der Waals surface area contributed by atoms with Gasteiger partial charge in [0, 0.05) is 65.5 Å². The number of hydrogen-bond donors (Lipinski definition) is 2. The molecule has 0 saturated carbocycles. The second-order valence-electron chi connectivity index (χ2n) is 9.75. The van der Waals surface area contributed by atoms with Gasteiger partial charge in [-0.2, -0.15) is 0 Å². The molecule has 34 heavy (non-hydrogen) atoms. The Kier molecular flexibility index (Phi) is 6.58. The summed E-state index contributed by atoms with van der Waals surface area (Å²) in [6.45, 7) is 6.91. The van der Waals surface area contributed by atoms with E-state index < -0.39 is 17.7 Å². The second kappa shape index (κ2) is 9.62. The zero-order chi connectivity index (χ0) is 23.8. The standard InChI is InChI=1S/C27H33F3N4/c1-3-10-34-17(2)12-24-25(20-7-4-5-8-23(20)32-24)27(34)26-21(29)13-18(14-22(26)30)31-19-15-33(16-19)11-6-9-28/h4-5,7-8,13-14,17,19,27,31-32H,3,6,9-12,15-16H2,1-2H3. The lowest BCUT2D eigenvalue weighted by Gasteiger charge is -2.41. The molecule has 0 aliphatic carbocycles. The molecule has 1 saturated heterocycles. The van der Waals surface area contributed by atoms with Crippen LogP contribution in [0.25, 0.3) is 10.9 Å². The molecule has 4 nitrogen and oxygen atoms in total. The van der Waals surface area contributed by atoms with E-state index in [-0.39, 0.29) is 24.3 Å². The first-order valence-electron chi connectivity index (χ1n) is 12.4. The van der Waals surface area contributed by atoms with Crippen molar-refractivity contribution in [2.24, 2.45) is 0 Å². The fraction of sp³-hybridized carbons (Fsp3) is 0.481. The van der Waals surface area contributed by atoms with Gasteiger partial charge >= 0.3 is 0 Å². The van der Waals surface area contributed by atoms with Gasteiger partial charge < -0.3 is 10.3 Å². The molecular weight excluding hydrogens is 437 g/mol. The number of rotatable bonds is 8. The highest BCUT2D eigenvalue weighted by Crippen LogP contribution is 2.44. The quantitative estimate of drug-likeness (QED) is 0.447. The fourth-order valence-corrected chi connectivity index (χ4v) is 5.74. The SMILES string of the molecule is CCCN1C(C)Cc2[nH]c3ccccc3c2C1c1c(F)cc(NC2CN(CCCF)C2)cc1F. The predicted octanol–water partition coefficient (Wildman–Crippen LogP) is 5.65. The first-order chi connectivity index (χ1) is 16.5. The molecule has 3 heterocycles. The van der Waals surface area contributed by atoms with Crippen LogP contribution in [0.1, 0.15) is 49.6 Å². The first-order valence-corrected chi connectivity index (χ1v) is 12.4. The van der Waals surface area contributed by atoms with Gasteiger partial charge in [-0.1, -0.05) is 25.1 Å². The van der Waals surface area contributed by atoms with E-state index in [9.17, 15) is 4.39 Å². The van der Waals surface area contributed by atoms with E-state index >= 15 is 8.78 Å². The summed E-state index contributed by atoms with van der Waals surface area (Å²) < 4.78 is 43.7. The number of aromatic nitrogens is 1. The lowest BCUT2D eigenvalue weighted by atomic mass is 9.86. The van der Waals surface area contributed by atoms with Crippen LogP contribution in [0.15, 0.2) is 36.4 Å². The van der Waals surface area contributed by atoms with Crippen molar-refractivity contribution in [3.05, 3.63) is 64.9 Å². The molecule has 3 aromatic rings. The van der Waals surface area contributed by atoms with Crippen molar-refractivity contribution in [3.8, 4) is 0 Å². The lowest BCUT2D eigenvalue weighted by Crippen LogP contribution is -2.54. The minimum atomic E-state index is -0.521. The Morgan fingerprint density at radius 3 is 2.50 bits per heavy atom. The average Bonchev–Trinajstić information content (AvgIpc) is 3.14. The van der Waals surface area contributed by atoms with Crippen molar-refractivity contribution in [2.75, 3.05) is 38.2 Å². The number of halogens is 3. The number of likely N-dealkylation sites (tertiary alicyclic amines) is 1. The van der Waals surface area contributed by atoms with Gasteiger partial charge in [-0.15, -0.1) is 0 Å². The van der Waals surface area contributed by atoms with Crippen molar-refractivity contribution in [1.29, 1.82) is 0 Å². The van der Waals surface area contributed by atoms with Crippen LogP contribution in [0.4, 0.5) is 18.9 Å². The molecule has 0 bridgehead atoms. The number of nitrogens with zero attached hydrogens (tertiary/aromatic N) is 2. The predicted molar refractivity (Wildman–Crippen MR) is 131 cm³/mol. The van der Waals surface area contributed by atoms with Crippen molar-refractivity contribution in [3.63, 3.8) is 0 Å². The smallest absolute Gasteiger partial charge is 0.133 e. The molecule has 0 spiro atoms. The summed E-state index contributed by atoms with van der Waals surface area (Å²) in [5, 5.41) is 4.28. The molecule has 5 rings (SSSR count). The highest BCUT2D eigenvalue weighted by Gasteiger charge is 2.38. The molecule has 2 N–H and O–H groups in total. The van der Waals surface area contributed by atoms with E-state index in [2.05, 4.69) is 33.9 Å².